The molecule has 1 aliphatic heterocycles. The summed E-state index contributed by atoms with van der Waals surface area (Å²) in [5.74, 6) is -0.713. The first-order valence-electron chi connectivity index (χ1n) is 8.99. The molecule has 0 saturated heterocycles. The van der Waals surface area contributed by atoms with Crippen LogP contribution in [0.25, 0.3) is 11.1 Å². The Morgan fingerprint density at radius 1 is 1.11 bits per heavy atom. The second-order valence-electron chi connectivity index (χ2n) is 6.58. The summed E-state index contributed by atoms with van der Waals surface area (Å²) in [6.07, 6.45) is -2.92. The first-order valence-corrected chi connectivity index (χ1v) is 9.76. The van der Waals surface area contributed by atoms with Gasteiger partial charge in [-0.3, -0.25) is 4.79 Å². The lowest BCUT2D eigenvalue weighted by Gasteiger charge is -2.32. The van der Waals surface area contributed by atoms with E-state index < -0.39 is 17.6 Å². The maximum atomic E-state index is 13.7. The van der Waals surface area contributed by atoms with Gasteiger partial charge in [-0.15, -0.1) is 0 Å². The number of fused-ring (bicyclic) bond motifs is 3. The standard InChI is InChI=1S/C20H20F4N2OS/c1-3-14(4-2)25-19(27)11-26-17-8-5-12(20(22,23)24)9-16(17)15-7-6-13(21)10-18(15)28-26/h5-10,14H,3-4,11H2,1-2H3,(H,25,27). The van der Waals surface area contributed by atoms with Gasteiger partial charge in [0.05, 0.1) is 11.3 Å². The number of carbonyl (C=O) groups is 1. The van der Waals surface area contributed by atoms with Crippen molar-refractivity contribution in [1.29, 1.82) is 0 Å². The Labute approximate surface area is 165 Å². The third kappa shape index (κ3) is 4.27. The molecule has 1 heterocycles. The van der Waals surface area contributed by atoms with E-state index in [0.717, 1.165) is 36.9 Å². The van der Waals surface area contributed by atoms with E-state index in [1.807, 2.05) is 13.8 Å². The molecular formula is C20H20F4N2OS. The van der Waals surface area contributed by atoms with Crippen LogP contribution in [0.5, 0.6) is 0 Å². The highest BCUT2D eigenvalue weighted by molar-refractivity contribution is 8.01. The zero-order valence-corrected chi connectivity index (χ0v) is 16.3. The van der Waals surface area contributed by atoms with Gasteiger partial charge in [0.1, 0.15) is 12.4 Å². The summed E-state index contributed by atoms with van der Waals surface area (Å²) in [5, 5.41) is 2.92. The first-order chi connectivity index (χ1) is 13.2. The number of carbonyl (C=O) groups excluding carboxylic acids is 1. The van der Waals surface area contributed by atoms with Crippen LogP contribution >= 0.6 is 11.9 Å². The maximum Gasteiger partial charge on any atom is 0.416 e. The van der Waals surface area contributed by atoms with Gasteiger partial charge in [0.25, 0.3) is 0 Å². The summed E-state index contributed by atoms with van der Waals surface area (Å²) in [7, 11) is 0. The van der Waals surface area contributed by atoms with Gasteiger partial charge in [0, 0.05) is 16.5 Å². The van der Waals surface area contributed by atoms with Crippen LogP contribution in [0.4, 0.5) is 23.2 Å². The monoisotopic (exact) mass is 412 g/mol. The van der Waals surface area contributed by atoms with Crippen molar-refractivity contribution >= 4 is 23.5 Å². The molecule has 0 aliphatic carbocycles. The molecule has 1 N–H and O–H groups in total. The van der Waals surface area contributed by atoms with Crippen LogP contribution in [-0.4, -0.2) is 18.5 Å². The van der Waals surface area contributed by atoms with Crippen LogP contribution in [0.15, 0.2) is 41.3 Å². The predicted molar refractivity (Wildman–Crippen MR) is 103 cm³/mol. The second kappa shape index (κ2) is 8.03. The average Bonchev–Trinajstić information content (AvgIpc) is 2.64. The third-order valence-corrected chi connectivity index (χ3v) is 5.75. The number of halogens is 4. The topological polar surface area (TPSA) is 32.3 Å². The van der Waals surface area contributed by atoms with Gasteiger partial charge in [-0.2, -0.15) is 13.2 Å². The fraction of sp³-hybridized carbons (Fsp3) is 0.350. The zero-order chi connectivity index (χ0) is 20.5. The number of alkyl halides is 3. The minimum Gasteiger partial charge on any atom is -0.352 e. The molecule has 0 spiro atoms. The highest BCUT2D eigenvalue weighted by Gasteiger charge is 2.33. The number of anilines is 1. The predicted octanol–water partition coefficient (Wildman–Crippen LogP) is 5.64. The lowest BCUT2D eigenvalue weighted by atomic mass is 10.00. The first kappa shape index (κ1) is 20.5. The van der Waals surface area contributed by atoms with Gasteiger partial charge in [-0.25, -0.2) is 4.39 Å². The molecular weight excluding hydrogens is 392 g/mol. The molecule has 150 valence electrons. The highest BCUT2D eigenvalue weighted by Crippen LogP contribution is 2.48. The molecule has 8 heteroatoms. The minimum atomic E-state index is -4.49. The molecule has 2 aromatic carbocycles. The Hall–Kier alpha value is -2.22. The summed E-state index contributed by atoms with van der Waals surface area (Å²) in [5.41, 5.74) is 0.565. The Morgan fingerprint density at radius 3 is 2.46 bits per heavy atom. The zero-order valence-electron chi connectivity index (χ0n) is 15.4. The summed E-state index contributed by atoms with van der Waals surface area (Å²) < 4.78 is 54.9. The van der Waals surface area contributed by atoms with E-state index in [2.05, 4.69) is 5.32 Å². The number of benzene rings is 2. The molecule has 0 atom stereocenters. The van der Waals surface area contributed by atoms with Crippen molar-refractivity contribution in [1.82, 2.24) is 5.32 Å². The van der Waals surface area contributed by atoms with Crippen LogP contribution in [0.3, 0.4) is 0 Å². The summed E-state index contributed by atoms with van der Waals surface area (Å²) >= 11 is 1.15. The van der Waals surface area contributed by atoms with E-state index in [-0.39, 0.29) is 18.5 Å². The van der Waals surface area contributed by atoms with Gasteiger partial charge >= 0.3 is 6.18 Å². The van der Waals surface area contributed by atoms with Crippen molar-refractivity contribution in [3.63, 3.8) is 0 Å². The van der Waals surface area contributed by atoms with Crippen molar-refractivity contribution in [2.75, 3.05) is 10.8 Å². The number of hydrogen-bond acceptors (Lipinski definition) is 3. The normalized spacial score (nSPS) is 13.3. The van der Waals surface area contributed by atoms with Gasteiger partial charge in [-0.05, 0) is 60.7 Å². The van der Waals surface area contributed by atoms with E-state index in [1.54, 1.807) is 4.31 Å². The number of hydrogen-bond donors (Lipinski definition) is 1. The van der Waals surface area contributed by atoms with Crippen molar-refractivity contribution in [2.24, 2.45) is 0 Å². The van der Waals surface area contributed by atoms with Crippen molar-refractivity contribution in [2.45, 2.75) is 43.8 Å². The Bertz CT molecular complexity index is 881. The van der Waals surface area contributed by atoms with Gasteiger partial charge < -0.3 is 9.62 Å². The van der Waals surface area contributed by atoms with Crippen LogP contribution in [-0.2, 0) is 11.0 Å². The van der Waals surface area contributed by atoms with E-state index in [9.17, 15) is 22.4 Å². The molecule has 0 radical (unpaired) electrons. The van der Waals surface area contributed by atoms with Crippen LogP contribution in [0.2, 0.25) is 0 Å². The minimum absolute atomic E-state index is 0.0408. The van der Waals surface area contributed by atoms with E-state index in [4.69, 9.17) is 0 Å². The van der Waals surface area contributed by atoms with Crippen molar-refractivity contribution < 1.29 is 22.4 Å². The van der Waals surface area contributed by atoms with E-state index >= 15 is 0 Å². The number of amides is 1. The van der Waals surface area contributed by atoms with Crippen molar-refractivity contribution in [3.05, 3.63) is 47.8 Å². The summed E-state index contributed by atoms with van der Waals surface area (Å²) in [6, 6.07) is 7.42. The lowest BCUT2D eigenvalue weighted by Crippen LogP contribution is -2.40. The quantitative estimate of drug-likeness (QED) is 0.509. The third-order valence-electron chi connectivity index (χ3n) is 4.67. The van der Waals surface area contributed by atoms with E-state index in [1.165, 1.54) is 24.3 Å². The number of nitrogens with zero attached hydrogens (tertiary/aromatic N) is 1. The molecule has 1 amide bonds. The van der Waals surface area contributed by atoms with Crippen LogP contribution in [0.1, 0.15) is 32.3 Å². The molecule has 3 rings (SSSR count). The number of nitrogens with one attached hydrogen (secondary N) is 1. The molecule has 0 aromatic heterocycles. The summed E-state index contributed by atoms with van der Waals surface area (Å²) in [4.78, 5) is 12.9. The fourth-order valence-electron chi connectivity index (χ4n) is 3.12. The molecule has 2 aromatic rings. The van der Waals surface area contributed by atoms with Gasteiger partial charge in [-0.1, -0.05) is 19.9 Å². The highest BCUT2D eigenvalue weighted by atomic mass is 32.2. The SMILES string of the molecule is CCC(CC)NC(=O)CN1Sc2cc(F)ccc2-c2cc(C(F)(F)F)ccc21. The fourth-order valence-corrected chi connectivity index (χ4v) is 4.24. The average molecular weight is 412 g/mol. The molecule has 0 saturated carbocycles. The molecule has 0 fully saturated rings. The van der Waals surface area contributed by atoms with Gasteiger partial charge in [0.15, 0.2) is 0 Å². The molecule has 1 aliphatic rings. The molecule has 0 unspecified atom stereocenters. The van der Waals surface area contributed by atoms with Gasteiger partial charge in [0.2, 0.25) is 5.91 Å². The van der Waals surface area contributed by atoms with Crippen LogP contribution < -0.4 is 9.62 Å². The Morgan fingerprint density at radius 2 is 1.82 bits per heavy atom. The molecule has 28 heavy (non-hydrogen) atoms. The smallest absolute Gasteiger partial charge is 0.352 e. The van der Waals surface area contributed by atoms with Crippen LogP contribution in [0, 0.1) is 5.82 Å². The van der Waals surface area contributed by atoms with E-state index in [0.29, 0.717) is 21.7 Å². The molecule has 3 nitrogen and oxygen atoms in total. The number of rotatable bonds is 5. The lowest BCUT2D eigenvalue weighted by molar-refractivity contribution is -0.137. The second-order valence-corrected chi connectivity index (χ2v) is 7.64. The Kier molecular flexibility index (Phi) is 5.88. The largest absolute Gasteiger partial charge is 0.416 e. The van der Waals surface area contributed by atoms with Crippen molar-refractivity contribution in [3.8, 4) is 11.1 Å². The maximum absolute atomic E-state index is 13.7. The molecule has 0 bridgehead atoms. The Balaban J connectivity index is 1.98. The summed E-state index contributed by atoms with van der Waals surface area (Å²) in [6.45, 7) is 3.89.